The van der Waals surface area contributed by atoms with E-state index in [0.29, 0.717) is 13.2 Å². The van der Waals surface area contributed by atoms with Crippen molar-refractivity contribution >= 4 is 12.0 Å². The fourth-order valence-electron chi connectivity index (χ4n) is 4.30. The van der Waals surface area contributed by atoms with Crippen LogP contribution in [-0.2, 0) is 17.8 Å². The average Bonchev–Trinajstić information content (AvgIpc) is 3.26. The summed E-state index contributed by atoms with van der Waals surface area (Å²) in [6.45, 7) is 6.45. The Morgan fingerprint density at radius 1 is 0.933 bits per heavy atom. The molecule has 0 aliphatic carbocycles. The van der Waals surface area contributed by atoms with Crippen molar-refractivity contribution in [3.8, 4) is 17.2 Å². The van der Waals surface area contributed by atoms with Crippen LogP contribution < -0.4 is 19.1 Å². The number of quaternary nitrogens is 1. The molecule has 0 atom stereocenters. The number of piperazine rings is 1. The van der Waals surface area contributed by atoms with Crippen LogP contribution in [0.5, 0.6) is 17.2 Å². The molecule has 1 fully saturated rings. The first-order valence-corrected chi connectivity index (χ1v) is 10.7. The molecule has 2 aromatic carbocycles. The molecular weight excluding hydrogens is 380 g/mol. The van der Waals surface area contributed by atoms with Crippen LogP contribution in [0.25, 0.3) is 6.08 Å². The number of hydrogen-bond donors (Lipinski definition) is 1. The molecule has 5 rings (SSSR count). The van der Waals surface area contributed by atoms with E-state index in [-0.39, 0.29) is 5.91 Å². The first-order valence-electron chi connectivity index (χ1n) is 10.7. The second-order valence-electron chi connectivity index (χ2n) is 8.03. The topological polar surface area (TPSA) is 52.4 Å². The van der Waals surface area contributed by atoms with Gasteiger partial charge in [-0.25, -0.2) is 0 Å². The van der Waals surface area contributed by atoms with Gasteiger partial charge in [-0.1, -0.05) is 6.07 Å². The van der Waals surface area contributed by atoms with Gasteiger partial charge < -0.3 is 24.0 Å². The molecular formula is C24H27N2O4+. The van der Waals surface area contributed by atoms with Gasteiger partial charge in [-0.15, -0.1) is 0 Å². The zero-order chi connectivity index (χ0) is 20.3. The highest BCUT2D eigenvalue weighted by atomic mass is 16.6. The number of hydrogen-bond acceptors (Lipinski definition) is 4. The summed E-state index contributed by atoms with van der Waals surface area (Å²) in [5.74, 6) is 2.61. The third kappa shape index (κ3) is 4.14. The summed E-state index contributed by atoms with van der Waals surface area (Å²) in [7, 11) is 0. The van der Waals surface area contributed by atoms with Crippen molar-refractivity contribution in [1.82, 2.24) is 4.90 Å². The number of nitrogens with zero attached hydrogens (tertiary/aromatic N) is 1. The highest BCUT2D eigenvalue weighted by molar-refractivity contribution is 5.91. The molecule has 0 spiro atoms. The lowest BCUT2D eigenvalue weighted by Crippen LogP contribution is -3.13. The quantitative estimate of drug-likeness (QED) is 0.778. The van der Waals surface area contributed by atoms with Crippen LogP contribution in [-0.4, -0.2) is 56.8 Å². The molecule has 6 heteroatoms. The Balaban J connectivity index is 1.14. The van der Waals surface area contributed by atoms with Crippen LogP contribution in [0.2, 0.25) is 0 Å². The largest absolute Gasteiger partial charge is 0.493 e. The number of nitrogens with one attached hydrogen (secondary N) is 1. The second-order valence-corrected chi connectivity index (χ2v) is 8.03. The van der Waals surface area contributed by atoms with Crippen molar-refractivity contribution in [3.05, 3.63) is 59.2 Å². The van der Waals surface area contributed by atoms with Gasteiger partial charge in [0.25, 0.3) is 0 Å². The molecule has 0 aromatic heterocycles. The van der Waals surface area contributed by atoms with E-state index in [1.807, 2.05) is 29.2 Å². The van der Waals surface area contributed by atoms with Gasteiger partial charge >= 0.3 is 0 Å². The highest BCUT2D eigenvalue weighted by Gasteiger charge is 2.23. The maximum absolute atomic E-state index is 12.6. The minimum atomic E-state index is 0.0682. The number of rotatable bonds is 4. The van der Waals surface area contributed by atoms with Gasteiger partial charge in [0.05, 0.1) is 32.8 Å². The maximum atomic E-state index is 12.6. The summed E-state index contributed by atoms with van der Waals surface area (Å²) in [6, 6.07) is 12.3. The van der Waals surface area contributed by atoms with E-state index < -0.39 is 0 Å². The monoisotopic (exact) mass is 407 g/mol. The molecule has 30 heavy (non-hydrogen) atoms. The summed E-state index contributed by atoms with van der Waals surface area (Å²) >= 11 is 0. The number of benzene rings is 2. The van der Waals surface area contributed by atoms with Gasteiger partial charge in [-0.2, -0.15) is 0 Å². The summed E-state index contributed by atoms with van der Waals surface area (Å²) in [4.78, 5) is 16.1. The van der Waals surface area contributed by atoms with Crippen molar-refractivity contribution in [2.75, 3.05) is 46.0 Å². The zero-order valence-corrected chi connectivity index (χ0v) is 17.1. The lowest BCUT2D eigenvalue weighted by Gasteiger charge is -2.31. The molecule has 3 aliphatic rings. The van der Waals surface area contributed by atoms with E-state index in [4.69, 9.17) is 14.2 Å². The number of fused-ring (bicyclic) bond motifs is 2. The average molecular weight is 407 g/mol. The number of carbonyl (C=O) groups excluding carboxylic acids is 1. The Labute approximate surface area is 176 Å². The van der Waals surface area contributed by atoms with Crippen LogP contribution in [0.1, 0.15) is 16.7 Å². The fraction of sp³-hybridized carbons (Fsp3) is 0.375. The molecule has 1 saturated heterocycles. The van der Waals surface area contributed by atoms with Crippen molar-refractivity contribution < 1.29 is 23.9 Å². The summed E-state index contributed by atoms with van der Waals surface area (Å²) in [6.07, 6.45) is 4.53. The second kappa shape index (κ2) is 8.40. The van der Waals surface area contributed by atoms with E-state index in [9.17, 15) is 4.79 Å². The Bertz CT molecular complexity index is 964. The highest BCUT2D eigenvalue weighted by Crippen LogP contribution is 2.31. The van der Waals surface area contributed by atoms with Crippen LogP contribution >= 0.6 is 0 Å². The molecule has 1 N–H and O–H groups in total. The Morgan fingerprint density at radius 3 is 2.57 bits per heavy atom. The fourth-order valence-corrected chi connectivity index (χ4v) is 4.30. The van der Waals surface area contributed by atoms with E-state index >= 15 is 0 Å². The zero-order valence-electron chi connectivity index (χ0n) is 17.1. The van der Waals surface area contributed by atoms with Gasteiger partial charge in [0.1, 0.15) is 25.5 Å². The minimum absolute atomic E-state index is 0.0682. The summed E-state index contributed by atoms with van der Waals surface area (Å²) in [5.41, 5.74) is 3.62. The van der Waals surface area contributed by atoms with Crippen molar-refractivity contribution in [2.24, 2.45) is 0 Å². The normalized spacial score (nSPS) is 18.3. The number of carbonyl (C=O) groups is 1. The first-order chi connectivity index (χ1) is 14.7. The van der Waals surface area contributed by atoms with Crippen LogP contribution in [0.15, 0.2) is 42.5 Å². The van der Waals surface area contributed by atoms with Crippen molar-refractivity contribution in [3.63, 3.8) is 0 Å². The van der Waals surface area contributed by atoms with Crippen molar-refractivity contribution in [1.29, 1.82) is 0 Å². The third-order valence-electron chi connectivity index (χ3n) is 5.97. The maximum Gasteiger partial charge on any atom is 0.246 e. The standard InChI is InChI=1S/C24H26N2O4/c27-24(6-3-18-1-5-22-23(16-18)30-14-13-29-22)26-10-8-25(9-11-26)17-19-2-4-21-20(15-19)7-12-28-21/h1-6,15-16H,7-14,17H2/p+1/b6-3+. The first kappa shape index (κ1) is 19.0. The van der Waals surface area contributed by atoms with E-state index in [1.54, 1.807) is 6.08 Å². The molecule has 156 valence electrons. The Morgan fingerprint density at radius 2 is 1.70 bits per heavy atom. The predicted octanol–water partition coefficient (Wildman–Crippen LogP) is 1.33. The molecule has 6 nitrogen and oxygen atoms in total. The van der Waals surface area contributed by atoms with Gasteiger partial charge in [0.2, 0.25) is 5.91 Å². The lowest BCUT2D eigenvalue weighted by atomic mass is 10.1. The van der Waals surface area contributed by atoms with Gasteiger partial charge in [-0.05, 0) is 47.5 Å². The van der Waals surface area contributed by atoms with Crippen LogP contribution in [0, 0.1) is 0 Å². The SMILES string of the molecule is O=C(/C=C/c1ccc2c(c1)OCCO2)N1CC[NH+](Cc2ccc3c(c2)CCO3)CC1. The molecule has 0 saturated carbocycles. The smallest absolute Gasteiger partial charge is 0.246 e. The van der Waals surface area contributed by atoms with E-state index in [1.165, 1.54) is 16.0 Å². The summed E-state index contributed by atoms with van der Waals surface area (Å²) < 4.78 is 16.7. The molecule has 2 aromatic rings. The Kier molecular flexibility index (Phi) is 5.32. The van der Waals surface area contributed by atoms with Crippen LogP contribution in [0.4, 0.5) is 0 Å². The van der Waals surface area contributed by atoms with E-state index in [0.717, 1.165) is 68.6 Å². The van der Waals surface area contributed by atoms with Gasteiger partial charge in [0.15, 0.2) is 11.5 Å². The summed E-state index contributed by atoms with van der Waals surface area (Å²) in [5, 5.41) is 0. The number of amides is 1. The molecule has 0 unspecified atom stereocenters. The number of ether oxygens (including phenoxy) is 3. The van der Waals surface area contributed by atoms with E-state index in [2.05, 4.69) is 18.2 Å². The van der Waals surface area contributed by atoms with Gasteiger partial charge in [-0.3, -0.25) is 4.79 Å². The molecule has 0 bridgehead atoms. The Hall–Kier alpha value is -2.99. The van der Waals surface area contributed by atoms with Crippen molar-refractivity contribution in [2.45, 2.75) is 13.0 Å². The van der Waals surface area contributed by atoms with Gasteiger partial charge in [0, 0.05) is 18.1 Å². The molecule has 3 heterocycles. The third-order valence-corrected chi connectivity index (χ3v) is 5.97. The lowest BCUT2D eigenvalue weighted by molar-refractivity contribution is -0.917. The van der Waals surface area contributed by atoms with Crippen LogP contribution in [0.3, 0.4) is 0 Å². The molecule has 3 aliphatic heterocycles. The molecule has 1 amide bonds. The minimum Gasteiger partial charge on any atom is -0.493 e. The predicted molar refractivity (Wildman–Crippen MR) is 113 cm³/mol. The molecule has 0 radical (unpaired) electrons.